The van der Waals surface area contributed by atoms with Crippen LogP contribution in [0.4, 0.5) is 34.1 Å². The van der Waals surface area contributed by atoms with Crippen molar-refractivity contribution in [2.75, 3.05) is 9.80 Å². The molecule has 0 fully saturated rings. The predicted molar refractivity (Wildman–Crippen MR) is 260 cm³/mol. The van der Waals surface area contributed by atoms with Gasteiger partial charge >= 0.3 is 0 Å². The van der Waals surface area contributed by atoms with Crippen molar-refractivity contribution in [1.82, 2.24) is 0 Å². The van der Waals surface area contributed by atoms with Crippen LogP contribution < -0.4 is 26.2 Å². The van der Waals surface area contributed by atoms with Crippen LogP contribution >= 0.6 is 11.3 Å². The number of fused-ring (bicyclic) bond motifs is 7. The van der Waals surface area contributed by atoms with Crippen LogP contribution in [0.1, 0.15) is 84.6 Å². The van der Waals surface area contributed by atoms with Crippen LogP contribution in [0, 0.1) is 6.92 Å². The molecular weight excluding hydrogens is 731 g/mol. The molecule has 2 nitrogen and oxygen atoms in total. The molecule has 0 atom stereocenters. The van der Waals surface area contributed by atoms with Gasteiger partial charge in [0.05, 0.1) is 0 Å². The first-order valence-corrected chi connectivity index (χ1v) is 22.0. The highest BCUT2D eigenvalue weighted by Gasteiger charge is 2.44. The second kappa shape index (κ2) is 13.2. The first kappa shape index (κ1) is 37.7. The van der Waals surface area contributed by atoms with Crippen molar-refractivity contribution in [3.05, 3.63) is 162 Å². The van der Waals surface area contributed by atoms with Crippen LogP contribution in [0.2, 0.25) is 0 Å². The van der Waals surface area contributed by atoms with Gasteiger partial charge in [0.25, 0.3) is 6.71 Å². The molecule has 4 heteroatoms. The molecule has 2 aliphatic rings. The number of hydrogen-bond donors (Lipinski definition) is 0. The second-order valence-corrected chi connectivity index (χ2v) is 21.0. The average Bonchev–Trinajstić information content (AvgIpc) is 3.58. The quantitative estimate of drug-likeness (QED) is 0.165. The third-order valence-electron chi connectivity index (χ3n) is 12.8. The Hall–Kier alpha value is -5.58. The molecule has 0 aliphatic carbocycles. The van der Waals surface area contributed by atoms with Gasteiger partial charge in [0, 0.05) is 54.3 Å². The van der Waals surface area contributed by atoms with E-state index in [4.69, 9.17) is 0 Å². The lowest BCUT2D eigenvalue weighted by atomic mass is 9.33. The molecule has 7 aromatic carbocycles. The van der Waals surface area contributed by atoms with E-state index in [1.165, 1.54) is 104 Å². The van der Waals surface area contributed by atoms with Gasteiger partial charge in [-0.1, -0.05) is 147 Å². The summed E-state index contributed by atoms with van der Waals surface area (Å²) in [6.45, 7) is 23.2. The summed E-state index contributed by atoms with van der Waals surface area (Å²) in [5.41, 5.74) is 19.3. The van der Waals surface area contributed by atoms with Crippen molar-refractivity contribution in [1.29, 1.82) is 0 Å². The zero-order chi connectivity index (χ0) is 41.2. The number of rotatable bonds is 3. The van der Waals surface area contributed by atoms with Gasteiger partial charge in [0.2, 0.25) is 0 Å². The molecule has 8 aromatic rings. The molecule has 0 bridgehead atoms. The van der Waals surface area contributed by atoms with Crippen LogP contribution in [0.5, 0.6) is 0 Å². The maximum atomic E-state index is 2.57. The lowest BCUT2D eigenvalue weighted by molar-refractivity contribution is 0.590. The second-order valence-electron chi connectivity index (χ2n) is 20.0. The fourth-order valence-electron chi connectivity index (χ4n) is 9.53. The molecule has 59 heavy (non-hydrogen) atoms. The minimum Gasteiger partial charge on any atom is -0.311 e. The van der Waals surface area contributed by atoms with Crippen molar-refractivity contribution in [2.45, 2.75) is 85.5 Å². The molecule has 10 rings (SSSR count). The van der Waals surface area contributed by atoms with Crippen LogP contribution in [0.3, 0.4) is 0 Å². The summed E-state index contributed by atoms with van der Waals surface area (Å²) >= 11 is 1.90. The van der Waals surface area contributed by atoms with Crippen LogP contribution in [-0.2, 0) is 16.2 Å². The van der Waals surface area contributed by atoms with Crippen molar-refractivity contribution in [3.63, 3.8) is 0 Å². The molecule has 0 saturated carbocycles. The maximum absolute atomic E-state index is 2.57. The summed E-state index contributed by atoms with van der Waals surface area (Å²) in [4.78, 5) is 5.12. The van der Waals surface area contributed by atoms with Gasteiger partial charge in [-0.05, 0) is 128 Å². The number of anilines is 6. The van der Waals surface area contributed by atoms with Gasteiger partial charge in [-0.3, -0.25) is 0 Å². The molecule has 0 spiro atoms. The van der Waals surface area contributed by atoms with Gasteiger partial charge in [-0.15, -0.1) is 11.3 Å². The molecule has 0 unspecified atom stereocenters. The van der Waals surface area contributed by atoms with Gasteiger partial charge < -0.3 is 9.80 Å². The predicted octanol–water partition coefficient (Wildman–Crippen LogP) is 14.0. The molecule has 1 aromatic heterocycles. The standard InChI is InChI=1S/C55H53BN2S/c1-34-29-48-51-49(30-34)58(40-16-13-15-35(31-40)41-18-14-19-43-42-17-11-12-20-50(42)59-52(41)43)47-28-24-38(55(8,9)10)33-45(47)56(51)44-32-37(54(5,6)7)23-27-46(44)57(48)39-25-21-36(22-26-39)53(2,3)4/h11-33H,1-10H3. The van der Waals surface area contributed by atoms with Gasteiger partial charge in [0.1, 0.15) is 0 Å². The maximum Gasteiger partial charge on any atom is 0.252 e. The Balaban J connectivity index is 1.25. The molecule has 2 aliphatic heterocycles. The minimum absolute atomic E-state index is 0.000894. The highest BCUT2D eigenvalue weighted by atomic mass is 32.1. The number of hydrogen-bond acceptors (Lipinski definition) is 3. The van der Waals surface area contributed by atoms with Crippen LogP contribution in [-0.4, -0.2) is 6.71 Å². The zero-order valence-electron chi connectivity index (χ0n) is 36.2. The number of nitrogens with zero attached hydrogens (tertiary/aromatic N) is 2. The van der Waals surface area contributed by atoms with E-state index in [1.54, 1.807) is 0 Å². The number of aryl methyl sites for hydroxylation is 1. The Labute approximate surface area is 355 Å². The Morgan fingerprint density at radius 3 is 1.61 bits per heavy atom. The summed E-state index contributed by atoms with van der Waals surface area (Å²) in [6, 6.07) is 53.7. The Morgan fingerprint density at radius 2 is 1.00 bits per heavy atom. The van der Waals surface area contributed by atoms with E-state index in [2.05, 4.69) is 219 Å². The van der Waals surface area contributed by atoms with E-state index in [-0.39, 0.29) is 23.0 Å². The lowest BCUT2D eigenvalue weighted by Gasteiger charge is -2.45. The van der Waals surface area contributed by atoms with Crippen molar-refractivity contribution in [3.8, 4) is 11.1 Å². The molecule has 3 heterocycles. The summed E-state index contributed by atoms with van der Waals surface area (Å²) in [7, 11) is 0. The minimum atomic E-state index is -0.00924. The summed E-state index contributed by atoms with van der Waals surface area (Å²) < 4.78 is 2.67. The fourth-order valence-corrected chi connectivity index (χ4v) is 10.8. The van der Waals surface area contributed by atoms with E-state index in [1.807, 2.05) is 11.3 Å². The zero-order valence-corrected chi connectivity index (χ0v) is 37.0. The molecule has 0 saturated heterocycles. The van der Waals surface area contributed by atoms with Gasteiger partial charge in [0.15, 0.2) is 0 Å². The Morgan fingerprint density at radius 1 is 0.458 bits per heavy atom. The largest absolute Gasteiger partial charge is 0.311 e. The SMILES string of the molecule is Cc1cc2c3c(c1)N(c1cccc(-c4cccc5c4sc4ccccc45)c1)c1ccc(C(C)(C)C)cc1B3c1cc(C(C)(C)C)ccc1N2c1ccc(C(C)(C)C)cc1. The van der Waals surface area contributed by atoms with E-state index in [9.17, 15) is 0 Å². The molecule has 0 amide bonds. The average molecular weight is 785 g/mol. The summed E-state index contributed by atoms with van der Waals surface area (Å²) in [5, 5.41) is 2.65. The molecular formula is C55H53BN2S. The van der Waals surface area contributed by atoms with Crippen molar-refractivity contribution < 1.29 is 0 Å². The third kappa shape index (κ3) is 6.13. The lowest BCUT2D eigenvalue weighted by Crippen LogP contribution is -2.61. The third-order valence-corrected chi connectivity index (χ3v) is 14.0. The number of thiophene rings is 1. The van der Waals surface area contributed by atoms with Crippen molar-refractivity contribution in [2.24, 2.45) is 0 Å². The topological polar surface area (TPSA) is 6.48 Å². The fraction of sp³-hybridized carbons (Fsp3) is 0.236. The summed E-state index contributed by atoms with van der Waals surface area (Å²) in [6.07, 6.45) is 0. The van der Waals surface area contributed by atoms with E-state index in [0.29, 0.717) is 0 Å². The van der Waals surface area contributed by atoms with Gasteiger partial charge in [-0.25, -0.2) is 0 Å². The first-order valence-electron chi connectivity index (χ1n) is 21.2. The van der Waals surface area contributed by atoms with E-state index < -0.39 is 0 Å². The van der Waals surface area contributed by atoms with Gasteiger partial charge in [-0.2, -0.15) is 0 Å². The summed E-state index contributed by atoms with van der Waals surface area (Å²) in [5.74, 6) is 0. The van der Waals surface area contributed by atoms with Crippen LogP contribution in [0.25, 0.3) is 31.3 Å². The first-order chi connectivity index (χ1) is 28.1. The van der Waals surface area contributed by atoms with E-state index in [0.717, 1.165) is 0 Å². The van der Waals surface area contributed by atoms with E-state index >= 15 is 0 Å². The number of benzene rings is 7. The molecule has 0 N–H and O–H groups in total. The van der Waals surface area contributed by atoms with Crippen LogP contribution in [0.15, 0.2) is 140 Å². The normalized spacial score (nSPS) is 13.8. The Kier molecular flexibility index (Phi) is 8.44. The smallest absolute Gasteiger partial charge is 0.252 e. The van der Waals surface area contributed by atoms with Crippen molar-refractivity contribution >= 4 is 88.7 Å². The highest BCUT2D eigenvalue weighted by molar-refractivity contribution is 7.26. The monoisotopic (exact) mass is 784 g/mol. The highest BCUT2D eigenvalue weighted by Crippen LogP contribution is 2.47. The molecule has 0 radical (unpaired) electrons. The Bertz CT molecular complexity index is 2970. The molecule has 292 valence electrons.